The first-order valence-corrected chi connectivity index (χ1v) is 5.64. The number of hydrogen-bond donors (Lipinski definition) is 1. The van der Waals surface area contributed by atoms with Gasteiger partial charge in [-0.3, -0.25) is 4.79 Å². The number of carbonyl (C=O) groups is 1. The first-order chi connectivity index (χ1) is 7.04. The summed E-state index contributed by atoms with van der Waals surface area (Å²) in [5.74, 6) is -0.263. The second-order valence-electron chi connectivity index (χ2n) is 3.10. The molecule has 0 fully saturated rings. The molecule has 15 heavy (non-hydrogen) atoms. The number of benzene rings is 1. The third kappa shape index (κ3) is 3.56. The summed E-state index contributed by atoms with van der Waals surface area (Å²) in [4.78, 5) is 11.0. The molecule has 0 aliphatic heterocycles. The molecule has 1 rings (SSSR count). The Bertz CT molecular complexity index is 368. The smallest absolute Gasteiger partial charge is 0.235 e. The Balaban J connectivity index is 2.78. The van der Waals surface area contributed by atoms with Gasteiger partial charge in [-0.05, 0) is 24.6 Å². The molecule has 0 unspecified atom stereocenters. The minimum atomic E-state index is -0.213. The molecule has 0 radical (unpaired) electrons. The lowest BCUT2D eigenvalue weighted by molar-refractivity contribution is -0.119. The highest BCUT2D eigenvalue weighted by Gasteiger charge is 2.09. The van der Waals surface area contributed by atoms with Crippen molar-refractivity contribution in [3.8, 4) is 0 Å². The molecule has 0 aliphatic carbocycles. The lowest BCUT2D eigenvalue weighted by Crippen LogP contribution is -2.27. The van der Waals surface area contributed by atoms with E-state index in [9.17, 15) is 4.79 Å². The topological polar surface area (TPSA) is 29.1 Å². The van der Waals surface area contributed by atoms with E-state index in [2.05, 4.69) is 5.32 Å². The van der Waals surface area contributed by atoms with E-state index in [1.165, 1.54) is 0 Å². The molecule has 0 bridgehead atoms. The Morgan fingerprint density at radius 3 is 2.60 bits per heavy atom. The molecule has 1 amide bonds. The predicted molar refractivity (Wildman–Crippen MR) is 63.7 cm³/mol. The summed E-state index contributed by atoms with van der Waals surface area (Å²) in [5, 5.41) is 3.69. The predicted octanol–water partition coefficient (Wildman–Crippen LogP) is 3.41. The second-order valence-corrected chi connectivity index (χ2v) is 4.18. The van der Waals surface area contributed by atoms with Crippen LogP contribution in [0.5, 0.6) is 0 Å². The van der Waals surface area contributed by atoms with Crippen LogP contribution in [0.25, 0.3) is 0 Å². The summed E-state index contributed by atoms with van der Waals surface area (Å²) < 4.78 is 0. The number of rotatable bonds is 3. The van der Waals surface area contributed by atoms with Crippen LogP contribution in [0.4, 0.5) is 0 Å². The Hall–Kier alpha value is -0.440. The van der Waals surface area contributed by atoms with Gasteiger partial charge in [-0.25, -0.2) is 0 Å². The molecule has 5 heteroatoms. The van der Waals surface area contributed by atoms with E-state index in [1.807, 2.05) is 13.0 Å². The van der Waals surface area contributed by atoms with Gasteiger partial charge in [0.2, 0.25) is 5.91 Å². The van der Waals surface area contributed by atoms with Crippen molar-refractivity contribution in [3.05, 3.63) is 33.8 Å². The summed E-state index contributed by atoms with van der Waals surface area (Å²) in [7, 11) is 0. The van der Waals surface area contributed by atoms with E-state index in [0.717, 1.165) is 5.56 Å². The van der Waals surface area contributed by atoms with Crippen molar-refractivity contribution in [1.82, 2.24) is 5.32 Å². The van der Waals surface area contributed by atoms with Gasteiger partial charge in [-0.2, -0.15) is 0 Å². The van der Waals surface area contributed by atoms with Crippen molar-refractivity contribution in [3.63, 3.8) is 0 Å². The lowest BCUT2D eigenvalue weighted by atomic mass is 10.1. The Morgan fingerprint density at radius 1 is 1.40 bits per heavy atom. The summed E-state index contributed by atoms with van der Waals surface area (Å²) in [6.07, 6.45) is 0. The fourth-order valence-electron chi connectivity index (χ4n) is 1.15. The van der Waals surface area contributed by atoms with Crippen LogP contribution in [0.2, 0.25) is 10.0 Å². The van der Waals surface area contributed by atoms with E-state index in [-0.39, 0.29) is 17.8 Å². The van der Waals surface area contributed by atoms with E-state index >= 15 is 0 Å². The maximum Gasteiger partial charge on any atom is 0.235 e. The van der Waals surface area contributed by atoms with Crippen molar-refractivity contribution < 1.29 is 4.79 Å². The van der Waals surface area contributed by atoms with Gasteiger partial charge in [-0.1, -0.05) is 29.3 Å². The molecule has 82 valence electrons. The Labute approximate surface area is 104 Å². The SMILES string of the molecule is C[C@@H](NC(=O)CCl)c1ccc(Cl)c(Cl)c1. The molecule has 1 atom stereocenters. The van der Waals surface area contributed by atoms with Gasteiger partial charge in [0, 0.05) is 0 Å². The van der Waals surface area contributed by atoms with Crippen molar-refractivity contribution in [2.75, 3.05) is 5.88 Å². The van der Waals surface area contributed by atoms with Gasteiger partial charge < -0.3 is 5.32 Å². The highest BCUT2D eigenvalue weighted by atomic mass is 35.5. The fourth-order valence-corrected chi connectivity index (χ4v) is 1.53. The molecule has 0 saturated heterocycles. The standard InChI is InChI=1S/C10H10Cl3NO/c1-6(14-10(15)5-11)7-2-3-8(12)9(13)4-7/h2-4,6H,5H2,1H3,(H,14,15)/t6-/m1/s1. The van der Waals surface area contributed by atoms with Crippen molar-refractivity contribution in [2.45, 2.75) is 13.0 Å². The minimum Gasteiger partial charge on any atom is -0.349 e. The van der Waals surface area contributed by atoms with Crippen LogP contribution >= 0.6 is 34.8 Å². The van der Waals surface area contributed by atoms with Crippen LogP contribution in [0.3, 0.4) is 0 Å². The van der Waals surface area contributed by atoms with E-state index < -0.39 is 0 Å². The number of hydrogen-bond acceptors (Lipinski definition) is 1. The monoisotopic (exact) mass is 265 g/mol. The van der Waals surface area contributed by atoms with Gasteiger partial charge in [0.1, 0.15) is 5.88 Å². The van der Waals surface area contributed by atoms with Crippen LogP contribution in [-0.4, -0.2) is 11.8 Å². The highest BCUT2D eigenvalue weighted by Crippen LogP contribution is 2.25. The van der Waals surface area contributed by atoms with Gasteiger partial charge in [0.05, 0.1) is 16.1 Å². The zero-order valence-electron chi connectivity index (χ0n) is 8.06. The molecular weight excluding hydrogens is 256 g/mol. The number of alkyl halides is 1. The van der Waals surface area contributed by atoms with Crippen LogP contribution in [-0.2, 0) is 4.79 Å². The number of amides is 1. The first kappa shape index (κ1) is 12.6. The van der Waals surface area contributed by atoms with E-state index in [0.29, 0.717) is 10.0 Å². The second kappa shape index (κ2) is 5.59. The molecule has 0 heterocycles. The summed E-state index contributed by atoms with van der Waals surface area (Å²) in [5.41, 5.74) is 0.892. The molecular formula is C10H10Cl3NO. The summed E-state index contributed by atoms with van der Waals surface area (Å²) >= 11 is 17.0. The van der Waals surface area contributed by atoms with E-state index in [4.69, 9.17) is 34.8 Å². The molecule has 0 aliphatic rings. The molecule has 1 N–H and O–H groups in total. The zero-order valence-corrected chi connectivity index (χ0v) is 10.3. The molecule has 0 saturated carbocycles. The fraction of sp³-hybridized carbons (Fsp3) is 0.300. The van der Waals surface area contributed by atoms with Gasteiger partial charge in [-0.15, -0.1) is 11.6 Å². The van der Waals surface area contributed by atoms with Gasteiger partial charge in [0.15, 0.2) is 0 Å². The number of halogens is 3. The maximum absolute atomic E-state index is 11.0. The minimum absolute atomic E-state index is 0.0499. The third-order valence-corrected chi connectivity index (χ3v) is 2.92. The molecule has 0 aromatic heterocycles. The highest BCUT2D eigenvalue weighted by molar-refractivity contribution is 6.42. The summed E-state index contributed by atoms with van der Waals surface area (Å²) in [6.45, 7) is 1.85. The van der Waals surface area contributed by atoms with Gasteiger partial charge in [0.25, 0.3) is 0 Å². The van der Waals surface area contributed by atoms with Crippen LogP contribution in [0.1, 0.15) is 18.5 Å². The summed E-state index contributed by atoms with van der Waals surface area (Å²) in [6, 6.07) is 5.10. The average molecular weight is 267 g/mol. The van der Waals surface area contributed by atoms with Crippen molar-refractivity contribution >= 4 is 40.7 Å². The Morgan fingerprint density at radius 2 is 2.07 bits per heavy atom. The number of carbonyl (C=O) groups excluding carboxylic acids is 1. The van der Waals surface area contributed by atoms with Crippen molar-refractivity contribution in [2.24, 2.45) is 0 Å². The number of nitrogens with one attached hydrogen (secondary N) is 1. The Kier molecular flexibility index (Phi) is 4.71. The first-order valence-electron chi connectivity index (χ1n) is 4.35. The van der Waals surface area contributed by atoms with Gasteiger partial charge >= 0.3 is 0 Å². The quantitative estimate of drug-likeness (QED) is 0.835. The molecule has 1 aromatic carbocycles. The normalized spacial score (nSPS) is 12.3. The largest absolute Gasteiger partial charge is 0.349 e. The molecule has 1 aromatic rings. The van der Waals surface area contributed by atoms with E-state index in [1.54, 1.807) is 12.1 Å². The molecule has 2 nitrogen and oxygen atoms in total. The third-order valence-electron chi connectivity index (χ3n) is 1.94. The zero-order chi connectivity index (χ0) is 11.4. The lowest BCUT2D eigenvalue weighted by Gasteiger charge is -2.13. The van der Waals surface area contributed by atoms with Crippen molar-refractivity contribution in [1.29, 1.82) is 0 Å². The van der Waals surface area contributed by atoms with Crippen LogP contribution in [0, 0.1) is 0 Å². The maximum atomic E-state index is 11.0. The van der Waals surface area contributed by atoms with Crippen LogP contribution < -0.4 is 5.32 Å². The van der Waals surface area contributed by atoms with Crippen LogP contribution in [0.15, 0.2) is 18.2 Å². The molecule has 0 spiro atoms. The average Bonchev–Trinajstić information content (AvgIpc) is 2.21.